The van der Waals surface area contributed by atoms with Gasteiger partial charge in [0, 0.05) is 30.8 Å². The molecule has 0 spiro atoms. The highest BCUT2D eigenvalue weighted by atomic mass is 15.3. The van der Waals surface area contributed by atoms with E-state index in [1.54, 1.807) is 0 Å². The van der Waals surface area contributed by atoms with E-state index in [0.717, 1.165) is 43.0 Å². The summed E-state index contributed by atoms with van der Waals surface area (Å²) in [6.45, 7) is 8.33. The van der Waals surface area contributed by atoms with Gasteiger partial charge >= 0.3 is 0 Å². The molecule has 0 unspecified atom stereocenters. The molecule has 2 heterocycles. The molecule has 5 nitrogen and oxygen atoms in total. The van der Waals surface area contributed by atoms with Crippen LogP contribution in [-0.2, 0) is 13.0 Å². The molecule has 0 aliphatic carbocycles. The Balaban J connectivity index is 1.88. The zero-order valence-electron chi connectivity index (χ0n) is 12.0. The van der Waals surface area contributed by atoms with E-state index in [4.69, 9.17) is 0 Å². The van der Waals surface area contributed by atoms with Crippen LogP contribution in [0.25, 0.3) is 11.3 Å². The molecular weight excluding hydrogens is 238 g/mol. The Morgan fingerprint density at radius 2 is 2.21 bits per heavy atom. The van der Waals surface area contributed by atoms with Gasteiger partial charge in [-0.15, -0.1) is 0 Å². The average Bonchev–Trinajstić information content (AvgIpc) is 3.02. The van der Waals surface area contributed by atoms with Crippen LogP contribution < -0.4 is 5.32 Å². The van der Waals surface area contributed by atoms with Crippen LogP contribution in [0.1, 0.15) is 33.0 Å². The van der Waals surface area contributed by atoms with Crippen molar-refractivity contribution in [3.05, 3.63) is 24.4 Å². The molecule has 104 valence electrons. The third-order valence-electron chi connectivity index (χ3n) is 3.04. The predicted molar refractivity (Wildman–Crippen MR) is 76.9 cm³/mol. The largest absolute Gasteiger partial charge is 0.342 e. The van der Waals surface area contributed by atoms with Crippen LogP contribution in [0.15, 0.2) is 18.6 Å². The second-order valence-corrected chi connectivity index (χ2v) is 5.04. The van der Waals surface area contributed by atoms with Crippen molar-refractivity contribution in [3.8, 4) is 11.3 Å². The van der Waals surface area contributed by atoms with Crippen LogP contribution in [0.2, 0.25) is 0 Å². The first-order valence-electron chi connectivity index (χ1n) is 6.99. The summed E-state index contributed by atoms with van der Waals surface area (Å²) in [5.74, 6) is 1.05. The molecule has 2 rings (SSSR count). The first kappa shape index (κ1) is 13.8. The van der Waals surface area contributed by atoms with Gasteiger partial charge in [-0.05, 0) is 19.9 Å². The first-order chi connectivity index (χ1) is 9.19. The van der Waals surface area contributed by atoms with E-state index in [1.807, 2.05) is 23.3 Å². The molecule has 0 aliphatic heterocycles. The molecular formula is C14H23N5. The minimum absolute atomic E-state index is 0.548. The van der Waals surface area contributed by atoms with Gasteiger partial charge in [0.2, 0.25) is 0 Å². The molecule has 2 aromatic heterocycles. The minimum atomic E-state index is 0.548. The first-order valence-corrected chi connectivity index (χ1v) is 6.99. The van der Waals surface area contributed by atoms with Crippen molar-refractivity contribution >= 4 is 0 Å². The van der Waals surface area contributed by atoms with E-state index in [0.29, 0.717) is 6.04 Å². The number of aromatic nitrogens is 4. The summed E-state index contributed by atoms with van der Waals surface area (Å²) in [4.78, 5) is 7.79. The Labute approximate surface area is 114 Å². The highest BCUT2D eigenvalue weighted by Crippen LogP contribution is 2.16. The molecule has 0 radical (unpaired) electrons. The van der Waals surface area contributed by atoms with E-state index >= 15 is 0 Å². The van der Waals surface area contributed by atoms with E-state index < -0.39 is 0 Å². The SMILES string of the molecule is CCn1cc(-c2cnc(CCCNC(C)C)[nH]2)cn1. The van der Waals surface area contributed by atoms with Gasteiger partial charge in [0.15, 0.2) is 0 Å². The molecule has 2 aromatic rings. The van der Waals surface area contributed by atoms with Gasteiger partial charge in [0.1, 0.15) is 5.82 Å². The number of nitrogens with one attached hydrogen (secondary N) is 2. The summed E-state index contributed by atoms with van der Waals surface area (Å²) in [6.07, 6.45) is 7.88. The van der Waals surface area contributed by atoms with Crippen molar-refractivity contribution in [2.45, 2.75) is 46.2 Å². The maximum Gasteiger partial charge on any atom is 0.106 e. The summed E-state index contributed by atoms with van der Waals surface area (Å²) in [5.41, 5.74) is 2.15. The van der Waals surface area contributed by atoms with E-state index in [2.05, 4.69) is 41.2 Å². The molecule has 0 aliphatic rings. The van der Waals surface area contributed by atoms with Crippen LogP contribution >= 0.6 is 0 Å². The van der Waals surface area contributed by atoms with Crippen molar-refractivity contribution < 1.29 is 0 Å². The van der Waals surface area contributed by atoms with Gasteiger partial charge in [-0.2, -0.15) is 5.10 Å². The molecule has 0 saturated carbocycles. The number of imidazole rings is 1. The zero-order valence-corrected chi connectivity index (χ0v) is 12.0. The lowest BCUT2D eigenvalue weighted by Gasteiger charge is -2.06. The monoisotopic (exact) mass is 261 g/mol. The van der Waals surface area contributed by atoms with Crippen LogP contribution in [-0.4, -0.2) is 32.3 Å². The maximum absolute atomic E-state index is 4.42. The lowest BCUT2D eigenvalue weighted by atomic mass is 10.2. The summed E-state index contributed by atoms with van der Waals surface area (Å²) in [6, 6.07) is 0.548. The fourth-order valence-corrected chi connectivity index (χ4v) is 1.96. The predicted octanol–water partition coefficient (Wildman–Crippen LogP) is 2.22. The second-order valence-electron chi connectivity index (χ2n) is 5.04. The van der Waals surface area contributed by atoms with Gasteiger partial charge in [-0.3, -0.25) is 4.68 Å². The molecule has 0 amide bonds. The number of nitrogens with zero attached hydrogens (tertiary/aromatic N) is 3. The van der Waals surface area contributed by atoms with Crippen molar-refractivity contribution in [1.82, 2.24) is 25.1 Å². The second kappa shape index (κ2) is 6.52. The van der Waals surface area contributed by atoms with E-state index in [-0.39, 0.29) is 0 Å². The fourth-order valence-electron chi connectivity index (χ4n) is 1.96. The van der Waals surface area contributed by atoms with Gasteiger partial charge < -0.3 is 10.3 Å². The maximum atomic E-state index is 4.42. The Hall–Kier alpha value is -1.62. The van der Waals surface area contributed by atoms with E-state index in [9.17, 15) is 0 Å². The van der Waals surface area contributed by atoms with Gasteiger partial charge in [-0.25, -0.2) is 4.98 Å². The molecule has 5 heteroatoms. The molecule has 0 fully saturated rings. The number of aromatic amines is 1. The fraction of sp³-hybridized carbons (Fsp3) is 0.571. The highest BCUT2D eigenvalue weighted by Gasteiger charge is 2.05. The van der Waals surface area contributed by atoms with Crippen LogP contribution in [0, 0.1) is 0 Å². The zero-order chi connectivity index (χ0) is 13.7. The Morgan fingerprint density at radius 3 is 2.89 bits per heavy atom. The van der Waals surface area contributed by atoms with Crippen LogP contribution in [0.5, 0.6) is 0 Å². The lowest BCUT2D eigenvalue weighted by molar-refractivity contribution is 0.567. The highest BCUT2D eigenvalue weighted by molar-refractivity contribution is 5.55. The third kappa shape index (κ3) is 3.92. The average molecular weight is 261 g/mol. The molecule has 0 aromatic carbocycles. The summed E-state index contributed by atoms with van der Waals surface area (Å²) in [5, 5.41) is 7.68. The van der Waals surface area contributed by atoms with Crippen molar-refractivity contribution in [1.29, 1.82) is 0 Å². The quantitative estimate of drug-likeness (QED) is 0.751. The standard InChI is InChI=1S/C14H23N5/c1-4-19-10-12(8-17-19)13-9-16-14(18-13)6-5-7-15-11(2)3/h8-11,15H,4-7H2,1-3H3,(H,16,18). The third-order valence-corrected chi connectivity index (χ3v) is 3.04. The van der Waals surface area contributed by atoms with Crippen LogP contribution in [0.3, 0.4) is 0 Å². The topological polar surface area (TPSA) is 58.5 Å². The van der Waals surface area contributed by atoms with Gasteiger partial charge in [0.05, 0.1) is 18.1 Å². The van der Waals surface area contributed by atoms with E-state index in [1.165, 1.54) is 0 Å². The van der Waals surface area contributed by atoms with Gasteiger partial charge in [-0.1, -0.05) is 13.8 Å². The van der Waals surface area contributed by atoms with Crippen molar-refractivity contribution in [3.63, 3.8) is 0 Å². The number of aryl methyl sites for hydroxylation is 2. The Kier molecular flexibility index (Phi) is 4.74. The number of hydrogen-bond acceptors (Lipinski definition) is 3. The Bertz CT molecular complexity index is 497. The summed E-state index contributed by atoms with van der Waals surface area (Å²) >= 11 is 0. The lowest BCUT2D eigenvalue weighted by Crippen LogP contribution is -2.24. The van der Waals surface area contributed by atoms with Crippen molar-refractivity contribution in [2.24, 2.45) is 0 Å². The minimum Gasteiger partial charge on any atom is -0.342 e. The number of H-pyrrole nitrogens is 1. The smallest absolute Gasteiger partial charge is 0.106 e. The summed E-state index contributed by atoms with van der Waals surface area (Å²) < 4.78 is 1.92. The summed E-state index contributed by atoms with van der Waals surface area (Å²) in [7, 11) is 0. The molecule has 19 heavy (non-hydrogen) atoms. The Morgan fingerprint density at radius 1 is 1.37 bits per heavy atom. The molecule has 0 bridgehead atoms. The van der Waals surface area contributed by atoms with Crippen molar-refractivity contribution in [2.75, 3.05) is 6.54 Å². The van der Waals surface area contributed by atoms with Gasteiger partial charge in [0.25, 0.3) is 0 Å². The molecule has 0 saturated heterocycles. The van der Waals surface area contributed by atoms with Crippen LogP contribution in [0.4, 0.5) is 0 Å². The normalized spacial score (nSPS) is 11.4. The molecule has 0 atom stereocenters. The molecule has 2 N–H and O–H groups in total. The number of hydrogen-bond donors (Lipinski definition) is 2. The number of rotatable bonds is 7.